The standard InChI is InChI=1S/C21H23F2N3O5/c22-16-5-13-18(26(12-1-2-12)10-14(19(13)27)20(28)29)6-15(16)21(30)3-4-25(31)9-11(7-21)17(23)8-24/h5-6,10,12,30-31H,1-4,7-9,24H2,(H,28,29)/b17-11-. The molecule has 2 aromatic rings. The van der Waals surface area contributed by atoms with Crippen molar-refractivity contribution >= 4 is 16.9 Å². The highest BCUT2D eigenvalue weighted by molar-refractivity contribution is 5.93. The summed E-state index contributed by atoms with van der Waals surface area (Å²) >= 11 is 0. The number of aliphatic hydroxyl groups is 1. The number of aromatic carboxylic acids is 1. The molecule has 2 fully saturated rings. The number of benzene rings is 1. The molecule has 1 aromatic heterocycles. The number of pyridine rings is 1. The van der Waals surface area contributed by atoms with Crippen LogP contribution in [0.5, 0.6) is 0 Å². The molecule has 0 amide bonds. The molecule has 1 aliphatic heterocycles. The summed E-state index contributed by atoms with van der Waals surface area (Å²) in [5, 5.41) is 31.4. The van der Waals surface area contributed by atoms with Crippen molar-refractivity contribution in [3.63, 3.8) is 0 Å². The van der Waals surface area contributed by atoms with Crippen LogP contribution in [0.1, 0.15) is 47.6 Å². The normalized spacial score (nSPS) is 24.3. The summed E-state index contributed by atoms with van der Waals surface area (Å²) in [6.07, 6.45) is 2.44. The van der Waals surface area contributed by atoms with Gasteiger partial charge in [0.1, 0.15) is 17.2 Å². The summed E-state index contributed by atoms with van der Waals surface area (Å²) in [4.78, 5) is 24.1. The lowest BCUT2D eigenvalue weighted by atomic mass is 9.84. The van der Waals surface area contributed by atoms with E-state index in [9.17, 15) is 29.4 Å². The molecule has 0 radical (unpaired) electrons. The van der Waals surface area contributed by atoms with Crippen LogP contribution in [-0.2, 0) is 5.60 Å². The number of carbonyl (C=O) groups is 1. The number of carboxylic acids is 1. The number of aromatic nitrogens is 1. The molecule has 0 bridgehead atoms. The van der Waals surface area contributed by atoms with Gasteiger partial charge in [0.25, 0.3) is 0 Å². The van der Waals surface area contributed by atoms with E-state index in [-0.39, 0.29) is 48.5 Å². The highest BCUT2D eigenvalue weighted by Crippen LogP contribution is 2.41. The number of nitrogens with two attached hydrogens (primary N) is 1. The fourth-order valence-corrected chi connectivity index (χ4v) is 4.20. The van der Waals surface area contributed by atoms with Crippen molar-refractivity contribution in [1.29, 1.82) is 0 Å². The van der Waals surface area contributed by atoms with Crippen LogP contribution in [-0.4, -0.2) is 50.7 Å². The molecule has 1 unspecified atom stereocenters. The number of carboxylic acid groups (broad SMARTS) is 1. The number of halogens is 2. The average Bonchev–Trinajstić information content (AvgIpc) is 3.57. The van der Waals surface area contributed by atoms with E-state index in [0.717, 1.165) is 24.0 Å². The first-order chi connectivity index (χ1) is 14.6. The van der Waals surface area contributed by atoms with Gasteiger partial charge >= 0.3 is 5.97 Å². The quantitative estimate of drug-likeness (QED) is 0.578. The second-order valence-corrected chi connectivity index (χ2v) is 8.22. The molecule has 1 saturated heterocycles. The third-order valence-electron chi connectivity index (χ3n) is 6.02. The lowest BCUT2D eigenvalue weighted by molar-refractivity contribution is -0.0899. The highest BCUT2D eigenvalue weighted by atomic mass is 19.1. The average molecular weight is 435 g/mol. The minimum atomic E-state index is -1.85. The third-order valence-corrected chi connectivity index (χ3v) is 6.02. The van der Waals surface area contributed by atoms with Crippen molar-refractivity contribution in [2.45, 2.75) is 37.3 Å². The van der Waals surface area contributed by atoms with E-state index in [2.05, 4.69) is 0 Å². The van der Waals surface area contributed by atoms with Crippen LogP contribution in [0, 0.1) is 5.82 Å². The molecule has 4 rings (SSSR count). The van der Waals surface area contributed by atoms with Gasteiger partial charge in [0.05, 0.1) is 11.1 Å². The zero-order valence-electron chi connectivity index (χ0n) is 16.6. The van der Waals surface area contributed by atoms with Crippen LogP contribution in [0.3, 0.4) is 0 Å². The minimum absolute atomic E-state index is 0.0265. The molecule has 2 aliphatic rings. The van der Waals surface area contributed by atoms with E-state index >= 15 is 4.39 Å². The maximum Gasteiger partial charge on any atom is 0.341 e. The molecular weight excluding hydrogens is 412 g/mol. The van der Waals surface area contributed by atoms with Crippen LogP contribution < -0.4 is 11.2 Å². The molecule has 2 heterocycles. The van der Waals surface area contributed by atoms with Gasteiger partial charge in [0.2, 0.25) is 5.43 Å². The Labute approximate surface area is 175 Å². The Morgan fingerprint density at radius 2 is 2.03 bits per heavy atom. The van der Waals surface area contributed by atoms with Crippen LogP contribution in [0.25, 0.3) is 10.9 Å². The van der Waals surface area contributed by atoms with Gasteiger partial charge in [0, 0.05) is 49.2 Å². The van der Waals surface area contributed by atoms with Crippen molar-refractivity contribution in [2.24, 2.45) is 5.73 Å². The van der Waals surface area contributed by atoms with E-state index < -0.39 is 40.8 Å². The monoisotopic (exact) mass is 435 g/mol. The summed E-state index contributed by atoms with van der Waals surface area (Å²) in [6.45, 7) is -0.628. The largest absolute Gasteiger partial charge is 0.477 e. The lowest BCUT2D eigenvalue weighted by Gasteiger charge is -2.29. The Morgan fingerprint density at radius 3 is 2.65 bits per heavy atom. The van der Waals surface area contributed by atoms with Gasteiger partial charge < -0.3 is 25.7 Å². The first-order valence-electron chi connectivity index (χ1n) is 9.99. The molecule has 1 saturated carbocycles. The van der Waals surface area contributed by atoms with Gasteiger partial charge in [-0.25, -0.2) is 13.6 Å². The van der Waals surface area contributed by atoms with Gasteiger partial charge in [-0.05, 0) is 37.0 Å². The van der Waals surface area contributed by atoms with Crippen molar-refractivity contribution in [1.82, 2.24) is 9.63 Å². The molecule has 1 aromatic carbocycles. The Bertz CT molecular complexity index is 1160. The molecular formula is C21H23F2N3O5. The fourth-order valence-electron chi connectivity index (χ4n) is 4.20. The summed E-state index contributed by atoms with van der Waals surface area (Å²) in [6, 6.07) is 2.24. The third kappa shape index (κ3) is 3.87. The predicted octanol–water partition coefficient (Wildman–Crippen LogP) is 2.03. The molecule has 31 heavy (non-hydrogen) atoms. The van der Waals surface area contributed by atoms with E-state index in [1.165, 1.54) is 12.3 Å². The van der Waals surface area contributed by atoms with E-state index in [4.69, 9.17) is 5.73 Å². The molecule has 8 nitrogen and oxygen atoms in total. The van der Waals surface area contributed by atoms with Crippen LogP contribution in [0.2, 0.25) is 0 Å². The van der Waals surface area contributed by atoms with Crippen LogP contribution in [0.4, 0.5) is 8.78 Å². The number of rotatable bonds is 4. The Morgan fingerprint density at radius 1 is 1.32 bits per heavy atom. The number of hydrogen-bond donors (Lipinski definition) is 4. The smallest absolute Gasteiger partial charge is 0.341 e. The SMILES string of the molecule is NC/C(F)=C1/CN(O)CCC(O)(c2cc3c(cc2F)c(=O)c(C(=O)O)cn3C2CC2)C1. The predicted molar refractivity (Wildman–Crippen MR) is 107 cm³/mol. The van der Waals surface area contributed by atoms with Crippen molar-refractivity contribution in [3.8, 4) is 0 Å². The lowest BCUT2D eigenvalue weighted by Crippen LogP contribution is -2.30. The maximum atomic E-state index is 15.2. The maximum absolute atomic E-state index is 15.2. The summed E-state index contributed by atoms with van der Waals surface area (Å²) < 4.78 is 31.1. The molecule has 0 spiro atoms. The number of fused-ring (bicyclic) bond motifs is 1. The van der Waals surface area contributed by atoms with Crippen molar-refractivity contribution in [2.75, 3.05) is 19.6 Å². The van der Waals surface area contributed by atoms with Gasteiger partial charge in [-0.3, -0.25) is 4.79 Å². The van der Waals surface area contributed by atoms with Crippen molar-refractivity contribution in [3.05, 3.63) is 56.9 Å². The zero-order chi connectivity index (χ0) is 22.5. The van der Waals surface area contributed by atoms with Gasteiger partial charge in [-0.2, -0.15) is 5.06 Å². The molecule has 1 atom stereocenters. The molecule has 1 aliphatic carbocycles. The fraction of sp³-hybridized carbons (Fsp3) is 0.429. The summed E-state index contributed by atoms with van der Waals surface area (Å²) in [5.41, 5.74) is 2.47. The van der Waals surface area contributed by atoms with Crippen LogP contribution in [0.15, 0.2) is 34.5 Å². The summed E-state index contributed by atoms with van der Waals surface area (Å²) in [7, 11) is 0. The molecule has 166 valence electrons. The topological polar surface area (TPSA) is 129 Å². The van der Waals surface area contributed by atoms with E-state index in [1.54, 1.807) is 4.57 Å². The first kappa shape index (κ1) is 21.6. The number of hydrogen-bond acceptors (Lipinski definition) is 6. The summed E-state index contributed by atoms with van der Waals surface area (Å²) in [5.74, 6) is -3.00. The van der Waals surface area contributed by atoms with Crippen LogP contribution >= 0.6 is 0 Å². The second kappa shape index (κ2) is 7.79. The molecule has 10 heteroatoms. The number of hydroxylamine groups is 2. The van der Waals surface area contributed by atoms with Crippen molar-refractivity contribution < 1.29 is 29.0 Å². The van der Waals surface area contributed by atoms with Gasteiger partial charge in [0.15, 0.2) is 0 Å². The highest BCUT2D eigenvalue weighted by Gasteiger charge is 2.38. The first-order valence-corrected chi connectivity index (χ1v) is 9.99. The van der Waals surface area contributed by atoms with Gasteiger partial charge in [-0.1, -0.05) is 0 Å². The number of nitrogens with zero attached hydrogens (tertiary/aromatic N) is 2. The molecule has 5 N–H and O–H groups in total. The Hall–Kier alpha value is -2.66. The zero-order valence-corrected chi connectivity index (χ0v) is 16.6. The Kier molecular flexibility index (Phi) is 5.42. The van der Waals surface area contributed by atoms with Gasteiger partial charge in [-0.15, -0.1) is 0 Å². The second-order valence-electron chi connectivity index (χ2n) is 8.22. The minimum Gasteiger partial charge on any atom is -0.477 e. The van der Waals surface area contributed by atoms with E-state index in [0.29, 0.717) is 5.52 Å². The van der Waals surface area contributed by atoms with E-state index in [1.807, 2.05) is 0 Å². The Balaban J connectivity index is 1.93.